The molecule has 0 heterocycles. The van der Waals surface area contributed by atoms with Gasteiger partial charge >= 0.3 is 5.97 Å². The third-order valence-corrected chi connectivity index (χ3v) is 4.06. The molecule has 5 nitrogen and oxygen atoms in total. The molecule has 3 N–H and O–H groups in total. The zero-order valence-corrected chi connectivity index (χ0v) is 15.5. The van der Waals surface area contributed by atoms with E-state index in [9.17, 15) is 19.8 Å². The van der Waals surface area contributed by atoms with Crippen LogP contribution in [0.2, 0.25) is 0 Å². The van der Waals surface area contributed by atoms with E-state index in [1.54, 1.807) is 6.08 Å². The van der Waals surface area contributed by atoms with E-state index in [0.717, 1.165) is 57.8 Å². The summed E-state index contributed by atoms with van der Waals surface area (Å²) in [7, 11) is 0. The fourth-order valence-corrected chi connectivity index (χ4v) is 2.57. The molecule has 25 heavy (non-hydrogen) atoms. The van der Waals surface area contributed by atoms with E-state index < -0.39 is 17.3 Å². The van der Waals surface area contributed by atoms with Crippen LogP contribution in [0.5, 0.6) is 0 Å². The van der Waals surface area contributed by atoms with Crippen LogP contribution in [0, 0.1) is 0 Å². The van der Waals surface area contributed by atoms with Gasteiger partial charge in [-0.25, -0.2) is 4.79 Å². The van der Waals surface area contributed by atoms with Crippen molar-refractivity contribution >= 4 is 11.8 Å². The van der Waals surface area contributed by atoms with Gasteiger partial charge in [0, 0.05) is 13.0 Å². The second-order valence-corrected chi connectivity index (χ2v) is 6.34. The molecule has 0 amide bonds. The van der Waals surface area contributed by atoms with Crippen LogP contribution in [-0.2, 0) is 9.59 Å². The van der Waals surface area contributed by atoms with Crippen molar-refractivity contribution in [3.63, 3.8) is 0 Å². The van der Waals surface area contributed by atoms with Gasteiger partial charge in [0.05, 0.1) is 0 Å². The van der Waals surface area contributed by atoms with Gasteiger partial charge in [0.1, 0.15) is 11.3 Å². The Labute approximate surface area is 151 Å². The molecule has 0 saturated carbocycles. The maximum absolute atomic E-state index is 12.0. The van der Waals surface area contributed by atoms with Crippen molar-refractivity contribution < 1.29 is 24.9 Å². The van der Waals surface area contributed by atoms with Crippen molar-refractivity contribution in [3.8, 4) is 0 Å². The highest BCUT2D eigenvalue weighted by Crippen LogP contribution is 2.14. The maximum atomic E-state index is 12.0. The van der Waals surface area contributed by atoms with Crippen molar-refractivity contribution in [2.75, 3.05) is 6.61 Å². The van der Waals surface area contributed by atoms with Crippen molar-refractivity contribution in [2.24, 2.45) is 0 Å². The Balaban J connectivity index is 4.31. The molecule has 5 heteroatoms. The number of aliphatic hydroxyl groups is 2. The van der Waals surface area contributed by atoms with Gasteiger partial charge in [0.2, 0.25) is 0 Å². The van der Waals surface area contributed by atoms with Crippen molar-refractivity contribution in [2.45, 2.75) is 84.0 Å². The molecule has 0 rings (SSSR count). The molecule has 0 spiro atoms. The quantitative estimate of drug-likeness (QED) is 0.123. The number of rotatable bonds is 16. The van der Waals surface area contributed by atoms with Crippen LogP contribution in [0.1, 0.15) is 84.0 Å². The van der Waals surface area contributed by atoms with Gasteiger partial charge in [-0.2, -0.15) is 0 Å². The van der Waals surface area contributed by atoms with E-state index in [1.165, 1.54) is 6.08 Å². The Kier molecular flexibility index (Phi) is 14.9. The monoisotopic (exact) mass is 354 g/mol. The number of carbonyl (C=O) groups excluding carboxylic acids is 1. The summed E-state index contributed by atoms with van der Waals surface area (Å²) in [6.07, 6.45) is 13.6. The van der Waals surface area contributed by atoms with Crippen LogP contribution in [0.15, 0.2) is 23.5 Å². The average Bonchev–Trinajstić information content (AvgIpc) is 2.57. The Morgan fingerprint density at radius 1 is 0.840 bits per heavy atom. The lowest BCUT2D eigenvalue weighted by Gasteiger charge is -2.05. The fourth-order valence-electron chi connectivity index (χ4n) is 2.57. The van der Waals surface area contributed by atoms with Crippen molar-refractivity contribution in [1.82, 2.24) is 0 Å². The first kappa shape index (κ1) is 23.4. The fraction of sp³-hybridized carbons (Fsp3) is 0.700. The molecule has 0 bridgehead atoms. The molecule has 0 aliphatic carbocycles. The number of hydrogen-bond donors (Lipinski definition) is 3. The van der Waals surface area contributed by atoms with E-state index in [0.29, 0.717) is 12.8 Å². The number of unbranched alkanes of at least 4 members (excludes halogenated alkanes) is 9. The molecular formula is C20H34O5. The summed E-state index contributed by atoms with van der Waals surface area (Å²) in [6, 6.07) is 0. The summed E-state index contributed by atoms with van der Waals surface area (Å²) in [4.78, 5) is 23.3. The summed E-state index contributed by atoms with van der Waals surface area (Å²) in [5, 5.41) is 27.8. The third kappa shape index (κ3) is 12.4. The second-order valence-electron chi connectivity index (χ2n) is 6.34. The highest BCUT2D eigenvalue weighted by Gasteiger charge is 2.20. The molecule has 0 aliphatic rings. The Bertz CT molecular complexity index is 437. The topological polar surface area (TPSA) is 94.8 Å². The minimum atomic E-state index is -1.37. The van der Waals surface area contributed by atoms with Gasteiger partial charge in [0.25, 0.3) is 0 Å². The molecule has 0 saturated heterocycles. The number of allylic oxidation sites excluding steroid dienone is 3. The summed E-state index contributed by atoms with van der Waals surface area (Å²) in [6.45, 7) is 2.33. The lowest BCUT2D eigenvalue weighted by molar-refractivity contribution is -0.134. The lowest BCUT2D eigenvalue weighted by atomic mass is 10.0. The molecule has 0 aromatic heterocycles. The van der Waals surface area contributed by atoms with Gasteiger partial charge in [0.15, 0.2) is 5.78 Å². The van der Waals surface area contributed by atoms with Gasteiger partial charge < -0.3 is 15.3 Å². The minimum Gasteiger partial charge on any atom is -0.511 e. The standard InChI is InChI=1S/C20H34O5/c1-2-3-4-8-11-14-17(22)19(20(24)25)18(23)15-12-9-6-5-7-10-13-16-21/h12,15,21-22H,2-11,13-14,16H2,1H3,(H,24,25). The zero-order chi connectivity index (χ0) is 18.9. The number of aliphatic hydroxyl groups excluding tert-OH is 2. The molecule has 0 aliphatic heterocycles. The lowest BCUT2D eigenvalue weighted by Crippen LogP contribution is -2.13. The number of carbonyl (C=O) groups is 2. The van der Waals surface area contributed by atoms with Crippen LogP contribution >= 0.6 is 0 Å². The second kappa shape index (κ2) is 15.9. The van der Waals surface area contributed by atoms with Crippen LogP contribution in [-0.4, -0.2) is 33.7 Å². The van der Waals surface area contributed by atoms with E-state index in [4.69, 9.17) is 5.11 Å². The van der Waals surface area contributed by atoms with E-state index >= 15 is 0 Å². The Morgan fingerprint density at radius 2 is 1.44 bits per heavy atom. The van der Waals surface area contributed by atoms with Crippen molar-refractivity contribution in [3.05, 3.63) is 23.5 Å². The first-order valence-corrected chi connectivity index (χ1v) is 9.51. The number of carboxylic acid groups (broad SMARTS) is 1. The summed E-state index contributed by atoms with van der Waals surface area (Å²) in [5.41, 5.74) is -0.505. The Morgan fingerprint density at radius 3 is 2.08 bits per heavy atom. The maximum Gasteiger partial charge on any atom is 0.343 e. The van der Waals surface area contributed by atoms with Crippen molar-refractivity contribution in [1.29, 1.82) is 0 Å². The summed E-state index contributed by atoms with van der Waals surface area (Å²) < 4.78 is 0. The highest BCUT2D eigenvalue weighted by atomic mass is 16.4. The first-order chi connectivity index (χ1) is 12.0. The van der Waals surface area contributed by atoms with E-state index in [-0.39, 0.29) is 18.8 Å². The predicted octanol–water partition coefficient (Wildman–Crippen LogP) is 4.70. The molecule has 0 aromatic rings. The smallest absolute Gasteiger partial charge is 0.343 e. The van der Waals surface area contributed by atoms with E-state index in [2.05, 4.69) is 6.92 Å². The number of aliphatic carboxylic acids is 1. The molecule has 144 valence electrons. The van der Waals surface area contributed by atoms with Crippen LogP contribution in [0.25, 0.3) is 0 Å². The summed E-state index contributed by atoms with van der Waals surface area (Å²) >= 11 is 0. The Hall–Kier alpha value is -1.62. The van der Waals surface area contributed by atoms with Crippen LogP contribution in [0.4, 0.5) is 0 Å². The average molecular weight is 354 g/mol. The normalized spacial score (nSPS) is 12.4. The highest BCUT2D eigenvalue weighted by molar-refractivity contribution is 6.21. The summed E-state index contributed by atoms with van der Waals surface area (Å²) in [5.74, 6) is -2.33. The van der Waals surface area contributed by atoms with Gasteiger partial charge in [-0.05, 0) is 31.8 Å². The first-order valence-electron chi connectivity index (χ1n) is 9.51. The predicted molar refractivity (Wildman–Crippen MR) is 99.6 cm³/mol. The van der Waals surface area contributed by atoms with Gasteiger partial charge in [-0.3, -0.25) is 4.79 Å². The number of ketones is 1. The largest absolute Gasteiger partial charge is 0.511 e. The SMILES string of the molecule is CCCCCCCC(O)=C(C(=O)O)C(=O)C=CCCCCCCCO. The molecule has 0 fully saturated rings. The number of carboxylic acids is 1. The van der Waals surface area contributed by atoms with Crippen LogP contribution in [0.3, 0.4) is 0 Å². The molecular weight excluding hydrogens is 320 g/mol. The molecule has 0 atom stereocenters. The third-order valence-electron chi connectivity index (χ3n) is 4.06. The molecule has 0 unspecified atom stereocenters. The minimum absolute atomic E-state index is 0.223. The van der Waals surface area contributed by atoms with Gasteiger partial charge in [-0.1, -0.05) is 57.9 Å². The van der Waals surface area contributed by atoms with E-state index in [1.807, 2.05) is 0 Å². The number of hydrogen-bond acceptors (Lipinski definition) is 4. The molecule has 0 radical (unpaired) electrons. The molecule has 0 aromatic carbocycles. The van der Waals surface area contributed by atoms with Crippen LogP contribution < -0.4 is 0 Å². The zero-order valence-electron chi connectivity index (χ0n) is 15.5. The van der Waals surface area contributed by atoms with Gasteiger partial charge in [-0.15, -0.1) is 0 Å².